The summed E-state index contributed by atoms with van der Waals surface area (Å²) in [6.07, 6.45) is 4.04. The van der Waals surface area contributed by atoms with Gasteiger partial charge in [0.15, 0.2) is 0 Å². The SMILES string of the molecule is N#C/C(=C/N1CCCC1)C(=O)N1CCN(Cc2ccccc2)CC1. The van der Waals surface area contributed by atoms with Crippen LogP contribution in [-0.4, -0.2) is 59.9 Å². The molecule has 2 aliphatic heterocycles. The molecular formula is C19H24N4O. The first-order chi connectivity index (χ1) is 11.8. The molecular weight excluding hydrogens is 300 g/mol. The van der Waals surface area contributed by atoms with Crippen molar-refractivity contribution in [1.82, 2.24) is 14.7 Å². The third kappa shape index (κ3) is 4.15. The first-order valence-corrected chi connectivity index (χ1v) is 8.68. The van der Waals surface area contributed by atoms with Gasteiger partial charge in [-0.05, 0) is 18.4 Å². The van der Waals surface area contributed by atoms with Gasteiger partial charge in [0.1, 0.15) is 11.6 Å². The molecule has 0 saturated carbocycles. The molecule has 3 rings (SSSR count). The van der Waals surface area contributed by atoms with Crippen molar-refractivity contribution >= 4 is 5.91 Å². The van der Waals surface area contributed by atoms with Crippen LogP contribution < -0.4 is 0 Å². The van der Waals surface area contributed by atoms with Gasteiger partial charge >= 0.3 is 0 Å². The topological polar surface area (TPSA) is 50.6 Å². The third-order valence-corrected chi connectivity index (χ3v) is 4.71. The van der Waals surface area contributed by atoms with Gasteiger partial charge in [-0.3, -0.25) is 9.69 Å². The van der Waals surface area contributed by atoms with Crippen LogP contribution in [0.4, 0.5) is 0 Å². The fourth-order valence-corrected chi connectivity index (χ4v) is 3.31. The van der Waals surface area contributed by atoms with E-state index in [1.165, 1.54) is 5.56 Å². The van der Waals surface area contributed by atoms with Gasteiger partial charge in [-0.15, -0.1) is 0 Å². The molecule has 5 nitrogen and oxygen atoms in total. The molecule has 2 saturated heterocycles. The highest BCUT2D eigenvalue weighted by Gasteiger charge is 2.24. The molecule has 0 atom stereocenters. The van der Waals surface area contributed by atoms with Crippen molar-refractivity contribution in [3.8, 4) is 6.07 Å². The fraction of sp³-hybridized carbons (Fsp3) is 0.474. The van der Waals surface area contributed by atoms with Crippen molar-refractivity contribution in [2.75, 3.05) is 39.3 Å². The average molecular weight is 324 g/mol. The Morgan fingerprint density at radius 2 is 1.71 bits per heavy atom. The normalized spacial score (nSPS) is 19.4. The monoisotopic (exact) mass is 324 g/mol. The number of piperazine rings is 1. The fourth-order valence-electron chi connectivity index (χ4n) is 3.31. The molecule has 1 amide bonds. The molecule has 2 aliphatic rings. The summed E-state index contributed by atoms with van der Waals surface area (Å²) in [5.41, 5.74) is 1.57. The Labute approximate surface area is 143 Å². The van der Waals surface area contributed by atoms with Crippen LogP contribution in [0, 0.1) is 11.3 Å². The minimum atomic E-state index is -0.122. The van der Waals surface area contributed by atoms with E-state index >= 15 is 0 Å². The summed E-state index contributed by atoms with van der Waals surface area (Å²) in [4.78, 5) is 18.8. The lowest BCUT2D eigenvalue weighted by Gasteiger charge is -2.34. The minimum Gasteiger partial charge on any atom is -0.376 e. The van der Waals surface area contributed by atoms with Crippen molar-refractivity contribution in [1.29, 1.82) is 5.26 Å². The molecule has 0 spiro atoms. The van der Waals surface area contributed by atoms with Gasteiger partial charge in [0, 0.05) is 52.0 Å². The maximum atomic E-state index is 12.6. The van der Waals surface area contributed by atoms with Crippen molar-refractivity contribution in [3.63, 3.8) is 0 Å². The lowest BCUT2D eigenvalue weighted by atomic mass is 10.2. The van der Waals surface area contributed by atoms with Crippen molar-refractivity contribution in [3.05, 3.63) is 47.7 Å². The first-order valence-electron chi connectivity index (χ1n) is 8.68. The van der Waals surface area contributed by atoms with Crippen LogP contribution in [0.5, 0.6) is 0 Å². The molecule has 126 valence electrons. The second-order valence-electron chi connectivity index (χ2n) is 6.45. The van der Waals surface area contributed by atoms with Gasteiger partial charge < -0.3 is 9.80 Å². The van der Waals surface area contributed by atoms with E-state index in [1.54, 1.807) is 6.20 Å². The maximum absolute atomic E-state index is 12.6. The van der Waals surface area contributed by atoms with E-state index in [9.17, 15) is 10.1 Å². The Morgan fingerprint density at radius 3 is 2.33 bits per heavy atom. The largest absolute Gasteiger partial charge is 0.376 e. The van der Waals surface area contributed by atoms with Gasteiger partial charge in [-0.25, -0.2) is 0 Å². The van der Waals surface area contributed by atoms with Crippen LogP contribution >= 0.6 is 0 Å². The van der Waals surface area contributed by atoms with E-state index in [4.69, 9.17) is 0 Å². The zero-order chi connectivity index (χ0) is 16.8. The molecule has 0 radical (unpaired) electrons. The number of carbonyl (C=O) groups excluding carboxylic acids is 1. The smallest absolute Gasteiger partial charge is 0.266 e. The van der Waals surface area contributed by atoms with E-state index in [0.29, 0.717) is 13.1 Å². The summed E-state index contributed by atoms with van der Waals surface area (Å²) in [6.45, 7) is 5.88. The number of nitriles is 1. The van der Waals surface area contributed by atoms with Gasteiger partial charge in [0.2, 0.25) is 0 Å². The highest BCUT2D eigenvalue weighted by molar-refractivity contribution is 5.97. The zero-order valence-corrected chi connectivity index (χ0v) is 14.0. The molecule has 0 N–H and O–H groups in total. The van der Waals surface area contributed by atoms with E-state index in [-0.39, 0.29) is 11.5 Å². The van der Waals surface area contributed by atoms with Gasteiger partial charge in [0.25, 0.3) is 5.91 Å². The Balaban J connectivity index is 1.53. The van der Waals surface area contributed by atoms with Crippen molar-refractivity contribution in [2.24, 2.45) is 0 Å². The van der Waals surface area contributed by atoms with E-state index in [2.05, 4.69) is 40.1 Å². The molecule has 0 aliphatic carbocycles. The van der Waals surface area contributed by atoms with Crippen molar-refractivity contribution < 1.29 is 4.79 Å². The Hall–Kier alpha value is -2.32. The second-order valence-corrected chi connectivity index (χ2v) is 6.45. The number of hydrogen-bond acceptors (Lipinski definition) is 4. The predicted molar refractivity (Wildman–Crippen MR) is 92.8 cm³/mol. The van der Waals surface area contributed by atoms with E-state index in [1.807, 2.05) is 11.0 Å². The van der Waals surface area contributed by atoms with Gasteiger partial charge in [0.05, 0.1) is 0 Å². The van der Waals surface area contributed by atoms with Crippen molar-refractivity contribution in [2.45, 2.75) is 19.4 Å². The quantitative estimate of drug-likeness (QED) is 0.626. The van der Waals surface area contributed by atoms with Gasteiger partial charge in [-0.2, -0.15) is 5.26 Å². The summed E-state index contributed by atoms with van der Waals surface area (Å²) >= 11 is 0. The number of likely N-dealkylation sites (tertiary alicyclic amines) is 1. The summed E-state index contributed by atoms with van der Waals surface area (Å²) in [7, 11) is 0. The summed E-state index contributed by atoms with van der Waals surface area (Å²) < 4.78 is 0. The maximum Gasteiger partial charge on any atom is 0.266 e. The summed E-state index contributed by atoms with van der Waals surface area (Å²) in [5, 5.41) is 9.33. The summed E-state index contributed by atoms with van der Waals surface area (Å²) in [5.74, 6) is -0.122. The minimum absolute atomic E-state index is 0.122. The Bertz CT molecular complexity index is 621. The van der Waals surface area contributed by atoms with Crippen LogP contribution in [0.1, 0.15) is 18.4 Å². The number of benzene rings is 1. The van der Waals surface area contributed by atoms with Crippen LogP contribution in [0.25, 0.3) is 0 Å². The van der Waals surface area contributed by atoms with Crippen LogP contribution in [0.15, 0.2) is 42.1 Å². The third-order valence-electron chi connectivity index (χ3n) is 4.71. The van der Waals surface area contributed by atoms with Gasteiger partial charge in [-0.1, -0.05) is 30.3 Å². The molecule has 1 aromatic carbocycles. The second kappa shape index (κ2) is 7.98. The predicted octanol–water partition coefficient (Wildman–Crippen LogP) is 1.83. The Morgan fingerprint density at radius 1 is 1.04 bits per heavy atom. The molecule has 0 unspecified atom stereocenters. The number of rotatable bonds is 4. The molecule has 5 heteroatoms. The van der Waals surface area contributed by atoms with E-state index in [0.717, 1.165) is 45.6 Å². The molecule has 0 bridgehead atoms. The molecule has 24 heavy (non-hydrogen) atoms. The van der Waals surface area contributed by atoms with Crippen LogP contribution in [0.2, 0.25) is 0 Å². The summed E-state index contributed by atoms with van der Waals surface area (Å²) in [6, 6.07) is 12.5. The molecule has 1 aromatic rings. The number of hydrogen-bond donors (Lipinski definition) is 0. The number of nitrogens with zero attached hydrogens (tertiary/aromatic N) is 4. The number of amides is 1. The zero-order valence-electron chi connectivity index (χ0n) is 14.0. The van der Waals surface area contributed by atoms with Crippen LogP contribution in [-0.2, 0) is 11.3 Å². The first kappa shape index (κ1) is 16.5. The highest BCUT2D eigenvalue weighted by Crippen LogP contribution is 2.13. The number of carbonyl (C=O) groups is 1. The standard InChI is InChI=1S/C19H24N4O/c20-14-18(16-21-8-4-5-9-21)19(24)23-12-10-22(11-13-23)15-17-6-2-1-3-7-17/h1-3,6-7,16H,4-5,8-13,15H2/b18-16-. The Kier molecular flexibility index (Phi) is 5.50. The lowest BCUT2D eigenvalue weighted by molar-refractivity contribution is -0.128. The van der Waals surface area contributed by atoms with E-state index < -0.39 is 0 Å². The highest BCUT2D eigenvalue weighted by atomic mass is 16.2. The molecule has 0 aromatic heterocycles. The van der Waals surface area contributed by atoms with Crippen LogP contribution in [0.3, 0.4) is 0 Å². The molecule has 2 heterocycles. The molecule has 2 fully saturated rings. The lowest BCUT2D eigenvalue weighted by Crippen LogP contribution is -2.48. The average Bonchev–Trinajstić information content (AvgIpc) is 3.14.